The van der Waals surface area contributed by atoms with Crippen LogP contribution in [0.4, 0.5) is 0 Å². The number of hydrogen-bond donors (Lipinski definition) is 1. The molecular weight excluding hydrogens is 542 g/mol. The van der Waals surface area contributed by atoms with Crippen LogP contribution in [-0.4, -0.2) is 47.1 Å². The number of aryl methyl sites for hydroxylation is 1. The van der Waals surface area contributed by atoms with Gasteiger partial charge in [0.05, 0.1) is 19.1 Å². The van der Waals surface area contributed by atoms with Crippen LogP contribution in [0.2, 0.25) is 0 Å². The van der Waals surface area contributed by atoms with E-state index < -0.39 is 0 Å². The van der Waals surface area contributed by atoms with Gasteiger partial charge in [-0.25, -0.2) is 0 Å². The molecule has 0 atom stereocenters. The summed E-state index contributed by atoms with van der Waals surface area (Å²) in [7, 11) is 3.27. The number of thiocarbonyl (C=S) groups is 1. The Labute approximate surface area is 246 Å². The van der Waals surface area contributed by atoms with Gasteiger partial charge in [0, 0.05) is 30.4 Å². The van der Waals surface area contributed by atoms with Gasteiger partial charge in [0.15, 0.2) is 0 Å². The number of thioether (sulfide) groups is 1. The predicted molar refractivity (Wildman–Crippen MR) is 162 cm³/mol. The van der Waals surface area contributed by atoms with E-state index in [0.717, 1.165) is 55.1 Å². The Morgan fingerprint density at radius 2 is 1.62 bits per heavy atom. The fourth-order valence-corrected chi connectivity index (χ4v) is 9.12. The molecule has 1 aromatic heterocycles. The van der Waals surface area contributed by atoms with Crippen molar-refractivity contribution in [1.82, 2.24) is 4.90 Å². The number of aliphatic hydroxyl groups is 1. The van der Waals surface area contributed by atoms with E-state index in [4.69, 9.17) is 31.2 Å². The van der Waals surface area contributed by atoms with Crippen LogP contribution in [0.15, 0.2) is 33.6 Å². The van der Waals surface area contributed by atoms with Gasteiger partial charge in [-0.2, -0.15) is 0 Å². The molecule has 0 spiro atoms. The van der Waals surface area contributed by atoms with Crippen LogP contribution >= 0.6 is 24.0 Å². The van der Waals surface area contributed by atoms with Gasteiger partial charge in [0.2, 0.25) is 0 Å². The number of rotatable bonds is 11. The number of nitrogens with zero attached hydrogens (tertiary/aromatic N) is 1. The van der Waals surface area contributed by atoms with E-state index in [0.29, 0.717) is 44.1 Å². The highest BCUT2D eigenvalue weighted by atomic mass is 32.2. The number of ether oxygens (including phenoxy) is 2. The second kappa shape index (κ2) is 11.9. The average molecular weight is 582 g/mol. The number of carbonyl (C=O) groups excluding carboxylic acids is 1. The highest BCUT2D eigenvalue weighted by molar-refractivity contribution is 8.26. The first-order chi connectivity index (χ1) is 19.5. The second-order valence-electron chi connectivity index (χ2n) is 12.0. The summed E-state index contributed by atoms with van der Waals surface area (Å²) in [4.78, 5) is 16.5. The number of furan rings is 1. The van der Waals surface area contributed by atoms with E-state index in [-0.39, 0.29) is 18.6 Å². The van der Waals surface area contributed by atoms with Crippen molar-refractivity contribution in [3.05, 3.63) is 40.5 Å². The zero-order chi connectivity index (χ0) is 27.8. The Bertz CT molecular complexity index is 1250. The summed E-state index contributed by atoms with van der Waals surface area (Å²) in [5.41, 5.74) is 1.93. The van der Waals surface area contributed by atoms with Crippen LogP contribution < -0.4 is 9.47 Å². The molecule has 7 rings (SSSR count). The van der Waals surface area contributed by atoms with Crippen LogP contribution in [0.1, 0.15) is 69.1 Å². The normalized spacial score (nSPS) is 28.2. The minimum atomic E-state index is 0.0439. The third-order valence-corrected chi connectivity index (χ3v) is 10.7. The zero-order valence-electron chi connectivity index (χ0n) is 23.4. The molecule has 1 amide bonds. The summed E-state index contributed by atoms with van der Waals surface area (Å²) in [5, 5.41) is 9.14. The van der Waals surface area contributed by atoms with Crippen LogP contribution in [0.5, 0.6) is 11.5 Å². The lowest BCUT2D eigenvalue weighted by Crippen LogP contribution is -2.57. The van der Waals surface area contributed by atoms with Gasteiger partial charge in [-0.3, -0.25) is 9.69 Å². The van der Waals surface area contributed by atoms with Crippen LogP contribution in [0.25, 0.3) is 17.4 Å². The Hall–Kier alpha value is -2.29. The molecule has 1 N–H and O–H groups in total. The maximum absolute atomic E-state index is 13.9. The standard InChI is InChI=1S/C32H39NO5S2/c1-36-25-14-22(15-26(17-25)37-2)27-16-21(7-5-3-4-6-8-34)28(38-27)18-29-31(35)33(32(39)40-29)30-23-10-19-9-20(12-23)13-24(30)11-19/h14-20,23-24,30,34H,3-13H2,1-2H3/b29-18+. The monoisotopic (exact) mass is 581 g/mol. The molecule has 1 saturated heterocycles. The van der Waals surface area contributed by atoms with Gasteiger partial charge < -0.3 is 19.0 Å². The van der Waals surface area contributed by atoms with Gasteiger partial charge in [-0.1, -0.05) is 36.8 Å². The lowest BCUT2D eigenvalue weighted by molar-refractivity contribution is -0.130. The Morgan fingerprint density at radius 1 is 0.975 bits per heavy atom. The van der Waals surface area contributed by atoms with E-state index in [1.54, 1.807) is 14.2 Å². The summed E-state index contributed by atoms with van der Waals surface area (Å²) in [6.45, 7) is 0.227. The molecule has 5 fully saturated rings. The highest BCUT2D eigenvalue weighted by Crippen LogP contribution is 2.56. The number of benzene rings is 1. The lowest BCUT2D eigenvalue weighted by Gasteiger charge is -2.56. The number of aliphatic hydroxyl groups excluding tert-OH is 1. The minimum absolute atomic E-state index is 0.0439. The quantitative estimate of drug-likeness (QED) is 0.173. The molecule has 4 bridgehead atoms. The van der Waals surface area contributed by atoms with Gasteiger partial charge in [0.1, 0.15) is 27.3 Å². The van der Waals surface area contributed by atoms with Gasteiger partial charge in [-0.15, -0.1) is 0 Å². The molecule has 0 radical (unpaired) electrons. The minimum Gasteiger partial charge on any atom is -0.497 e. The molecule has 4 saturated carbocycles. The maximum atomic E-state index is 13.9. The average Bonchev–Trinajstić information content (AvgIpc) is 3.47. The van der Waals surface area contributed by atoms with Crippen LogP contribution in [0.3, 0.4) is 0 Å². The SMILES string of the molecule is COc1cc(OC)cc(-c2cc(CCCCCCO)c(/C=C3/SC(=S)N(C4C5CC6CC(C5)CC4C6)C3=O)o2)c1. The smallest absolute Gasteiger partial charge is 0.266 e. The third kappa shape index (κ3) is 5.47. The third-order valence-electron chi connectivity index (χ3n) is 9.39. The number of amides is 1. The van der Waals surface area contributed by atoms with Crippen molar-refractivity contribution >= 4 is 40.3 Å². The topological polar surface area (TPSA) is 72.1 Å². The first-order valence-electron chi connectivity index (χ1n) is 14.7. The van der Waals surface area contributed by atoms with Gasteiger partial charge in [0.25, 0.3) is 5.91 Å². The summed E-state index contributed by atoms with van der Waals surface area (Å²) < 4.78 is 18.1. The number of unbranched alkanes of at least 4 members (excludes halogenated alkanes) is 3. The van der Waals surface area contributed by atoms with Crippen molar-refractivity contribution in [2.75, 3.05) is 20.8 Å². The summed E-state index contributed by atoms with van der Waals surface area (Å²) in [6.07, 6.45) is 13.0. The van der Waals surface area contributed by atoms with E-state index >= 15 is 0 Å². The first kappa shape index (κ1) is 27.9. The molecule has 2 aromatic rings. The molecule has 5 aliphatic rings. The molecule has 214 valence electrons. The molecule has 2 heterocycles. The Kier molecular flexibility index (Phi) is 8.29. The molecule has 8 heteroatoms. The van der Waals surface area contributed by atoms with E-state index in [1.165, 1.54) is 43.9 Å². The number of hydrogen-bond acceptors (Lipinski definition) is 7. The zero-order valence-corrected chi connectivity index (χ0v) is 25.0. The fourth-order valence-electron chi connectivity index (χ4n) is 7.81. The first-order valence-corrected chi connectivity index (χ1v) is 15.9. The molecule has 0 unspecified atom stereocenters. The van der Waals surface area contributed by atoms with Crippen LogP contribution in [0, 0.1) is 23.7 Å². The maximum Gasteiger partial charge on any atom is 0.266 e. The van der Waals surface area contributed by atoms with E-state index in [1.807, 2.05) is 29.2 Å². The molecular formula is C32H39NO5S2. The summed E-state index contributed by atoms with van der Waals surface area (Å²) in [5.74, 6) is 5.73. The number of carbonyl (C=O) groups is 1. The van der Waals surface area contributed by atoms with Crippen molar-refractivity contribution in [1.29, 1.82) is 0 Å². The molecule has 1 aromatic carbocycles. The van der Waals surface area contributed by atoms with Crippen molar-refractivity contribution < 1.29 is 23.8 Å². The van der Waals surface area contributed by atoms with Gasteiger partial charge in [-0.05, 0) is 98.8 Å². The van der Waals surface area contributed by atoms with E-state index in [9.17, 15) is 4.79 Å². The van der Waals surface area contributed by atoms with Crippen LogP contribution in [-0.2, 0) is 11.2 Å². The lowest BCUT2D eigenvalue weighted by atomic mass is 9.54. The fraction of sp³-hybridized carbons (Fsp3) is 0.562. The largest absolute Gasteiger partial charge is 0.497 e. The molecule has 6 nitrogen and oxygen atoms in total. The summed E-state index contributed by atoms with van der Waals surface area (Å²) >= 11 is 7.26. The molecule has 1 aliphatic heterocycles. The van der Waals surface area contributed by atoms with Crippen molar-refractivity contribution in [3.8, 4) is 22.8 Å². The second-order valence-corrected chi connectivity index (χ2v) is 13.6. The Morgan fingerprint density at radius 3 is 2.25 bits per heavy atom. The van der Waals surface area contributed by atoms with Gasteiger partial charge >= 0.3 is 0 Å². The van der Waals surface area contributed by atoms with Crippen molar-refractivity contribution in [2.24, 2.45) is 23.7 Å². The van der Waals surface area contributed by atoms with E-state index in [2.05, 4.69) is 6.07 Å². The van der Waals surface area contributed by atoms with Crippen molar-refractivity contribution in [3.63, 3.8) is 0 Å². The molecule has 40 heavy (non-hydrogen) atoms. The predicted octanol–water partition coefficient (Wildman–Crippen LogP) is 7.08. The highest BCUT2D eigenvalue weighted by Gasteiger charge is 2.53. The number of methoxy groups -OCH3 is 2. The molecule has 4 aliphatic carbocycles. The van der Waals surface area contributed by atoms with Crippen molar-refractivity contribution in [2.45, 2.75) is 70.3 Å². The summed E-state index contributed by atoms with van der Waals surface area (Å²) in [6, 6.07) is 8.04. The Balaban J connectivity index is 1.28.